The summed E-state index contributed by atoms with van der Waals surface area (Å²) >= 11 is 2.90. The van der Waals surface area contributed by atoms with Gasteiger partial charge in [-0.2, -0.15) is 0 Å². The van der Waals surface area contributed by atoms with Crippen LogP contribution in [-0.2, 0) is 0 Å². The van der Waals surface area contributed by atoms with Gasteiger partial charge in [-0.25, -0.2) is 0 Å². The van der Waals surface area contributed by atoms with E-state index in [9.17, 15) is 4.79 Å². The van der Waals surface area contributed by atoms with Crippen LogP contribution in [0.4, 0.5) is 5.13 Å². The normalized spacial score (nSPS) is 10.5. The summed E-state index contributed by atoms with van der Waals surface area (Å²) in [4.78, 5) is 12.3. The van der Waals surface area contributed by atoms with Gasteiger partial charge in [0.1, 0.15) is 0 Å². The van der Waals surface area contributed by atoms with Crippen molar-refractivity contribution in [3.8, 4) is 11.1 Å². The molecule has 0 saturated heterocycles. The molecule has 1 N–H and O–H groups in total. The van der Waals surface area contributed by atoms with Crippen molar-refractivity contribution in [1.29, 1.82) is 0 Å². The monoisotopic (exact) mass is 355 g/mol. The molecule has 3 rings (SSSR count). The number of Topliss-reactive ketones (excluding diaryl/α,β-unsaturated/α-hetero) is 1. The Kier molecular flexibility index (Phi) is 5.61. The Hall–Kier alpha value is -2.18. The summed E-state index contributed by atoms with van der Waals surface area (Å²) in [5, 5.41) is 12.0. The molecule has 4 nitrogen and oxygen atoms in total. The molecule has 0 atom stereocenters. The molecule has 3 aromatic rings. The molecule has 0 aliphatic heterocycles. The van der Waals surface area contributed by atoms with Gasteiger partial charge in [0, 0.05) is 12.1 Å². The van der Waals surface area contributed by atoms with Crippen LogP contribution in [0.5, 0.6) is 0 Å². The summed E-state index contributed by atoms with van der Waals surface area (Å²) in [6.07, 6.45) is 0. The average molecular weight is 355 g/mol. The van der Waals surface area contributed by atoms with Crippen molar-refractivity contribution in [2.24, 2.45) is 0 Å². The van der Waals surface area contributed by atoms with Crippen LogP contribution in [0.3, 0.4) is 0 Å². The number of thioether (sulfide) groups is 1. The molecule has 0 bridgehead atoms. The van der Waals surface area contributed by atoms with Gasteiger partial charge in [-0.05, 0) is 18.1 Å². The van der Waals surface area contributed by atoms with Gasteiger partial charge in [-0.3, -0.25) is 4.79 Å². The lowest BCUT2D eigenvalue weighted by Crippen LogP contribution is -2.01. The van der Waals surface area contributed by atoms with E-state index in [0.717, 1.165) is 32.7 Å². The van der Waals surface area contributed by atoms with Crippen LogP contribution in [-0.4, -0.2) is 28.3 Å². The SMILES string of the molecule is CCNc1nnc(SCC(=O)c2ccc(-c3ccccc3)cc2)s1. The molecule has 0 fully saturated rings. The highest BCUT2D eigenvalue weighted by Crippen LogP contribution is 2.26. The lowest BCUT2D eigenvalue weighted by molar-refractivity contribution is 0.102. The van der Waals surface area contributed by atoms with E-state index in [2.05, 4.69) is 27.6 Å². The minimum Gasteiger partial charge on any atom is -0.360 e. The zero-order valence-electron chi connectivity index (χ0n) is 13.2. The second kappa shape index (κ2) is 8.08. The van der Waals surface area contributed by atoms with Gasteiger partial charge in [0.2, 0.25) is 5.13 Å². The first kappa shape index (κ1) is 16.7. The number of anilines is 1. The van der Waals surface area contributed by atoms with Crippen LogP contribution < -0.4 is 5.32 Å². The molecular formula is C18H17N3OS2. The molecule has 1 aromatic heterocycles. The highest BCUT2D eigenvalue weighted by atomic mass is 32.2. The maximum absolute atomic E-state index is 12.3. The summed E-state index contributed by atoms with van der Waals surface area (Å²) in [5.41, 5.74) is 2.98. The molecule has 0 aliphatic carbocycles. The van der Waals surface area contributed by atoms with Crippen LogP contribution >= 0.6 is 23.1 Å². The lowest BCUT2D eigenvalue weighted by Gasteiger charge is -2.03. The van der Waals surface area contributed by atoms with E-state index < -0.39 is 0 Å². The standard InChI is InChI=1S/C18H17N3OS2/c1-2-19-17-20-21-18(24-17)23-12-16(22)15-10-8-14(9-11-15)13-6-4-3-5-7-13/h3-11H,2,12H2,1H3,(H,19,20). The van der Waals surface area contributed by atoms with Gasteiger partial charge in [0.15, 0.2) is 10.1 Å². The molecule has 0 amide bonds. The third-order valence-electron chi connectivity index (χ3n) is 3.38. The number of aromatic nitrogens is 2. The quantitative estimate of drug-likeness (QED) is 0.495. The molecule has 122 valence electrons. The Morgan fingerprint density at radius 1 is 1.04 bits per heavy atom. The Labute approximate surface area is 149 Å². The largest absolute Gasteiger partial charge is 0.360 e. The predicted octanol–water partition coefficient (Wildman–Crippen LogP) is 4.61. The van der Waals surface area contributed by atoms with Crippen LogP contribution in [0, 0.1) is 0 Å². The highest BCUT2D eigenvalue weighted by Gasteiger charge is 2.10. The fraction of sp³-hybridized carbons (Fsp3) is 0.167. The van der Waals surface area contributed by atoms with Crippen molar-refractivity contribution < 1.29 is 4.79 Å². The summed E-state index contributed by atoms with van der Waals surface area (Å²) in [7, 11) is 0. The third-order valence-corrected chi connectivity index (χ3v) is 5.39. The van der Waals surface area contributed by atoms with Crippen molar-refractivity contribution in [3.63, 3.8) is 0 Å². The fourth-order valence-electron chi connectivity index (χ4n) is 2.18. The molecule has 24 heavy (non-hydrogen) atoms. The van der Waals surface area contributed by atoms with E-state index in [1.165, 1.54) is 23.1 Å². The predicted molar refractivity (Wildman–Crippen MR) is 101 cm³/mol. The molecule has 6 heteroatoms. The molecule has 0 radical (unpaired) electrons. The molecule has 1 heterocycles. The maximum atomic E-state index is 12.3. The second-order valence-electron chi connectivity index (χ2n) is 5.06. The summed E-state index contributed by atoms with van der Waals surface area (Å²) < 4.78 is 0.806. The molecule has 0 unspecified atom stereocenters. The number of carbonyl (C=O) groups excluding carboxylic acids is 1. The number of carbonyl (C=O) groups is 1. The lowest BCUT2D eigenvalue weighted by atomic mass is 10.0. The number of ketones is 1. The Morgan fingerprint density at radius 3 is 2.46 bits per heavy atom. The Bertz CT molecular complexity index is 801. The number of benzene rings is 2. The first-order valence-corrected chi connectivity index (χ1v) is 9.45. The Balaban J connectivity index is 1.60. The fourth-order valence-corrected chi connectivity index (χ4v) is 3.89. The molecular weight excluding hydrogens is 338 g/mol. The van der Waals surface area contributed by atoms with Crippen molar-refractivity contribution in [1.82, 2.24) is 10.2 Å². The van der Waals surface area contributed by atoms with Gasteiger partial charge in [0.25, 0.3) is 0 Å². The smallest absolute Gasteiger partial charge is 0.206 e. The van der Waals surface area contributed by atoms with Crippen LogP contribution in [0.25, 0.3) is 11.1 Å². The number of nitrogens with zero attached hydrogens (tertiary/aromatic N) is 2. The highest BCUT2D eigenvalue weighted by molar-refractivity contribution is 8.01. The molecule has 0 saturated carbocycles. The van der Waals surface area contributed by atoms with Crippen LogP contribution in [0.2, 0.25) is 0 Å². The van der Waals surface area contributed by atoms with Gasteiger partial charge in [0.05, 0.1) is 5.75 Å². The molecule has 0 aliphatic rings. The first-order valence-electron chi connectivity index (χ1n) is 7.65. The van der Waals surface area contributed by atoms with E-state index in [0.29, 0.717) is 5.75 Å². The van der Waals surface area contributed by atoms with Crippen molar-refractivity contribution in [3.05, 3.63) is 60.2 Å². The maximum Gasteiger partial charge on any atom is 0.206 e. The molecule has 2 aromatic carbocycles. The average Bonchev–Trinajstić information content (AvgIpc) is 3.08. The van der Waals surface area contributed by atoms with E-state index in [1.54, 1.807) is 0 Å². The van der Waals surface area contributed by atoms with Gasteiger partial charge < -0.3 is 5.32 Å². The van der Waals surface area contributed by atoms with E-state index in [4.69, 9.17) is 0 Å². The first-order chi connectivity index (χ1) is 11.8. The van der Waals surface area contributed by atoms with Crippen LogP contribution in [0.1, 0.15) is 17.3 Å². The van der Waals surface area contributed by atoms with Crippen molar-refractivity contribution in [2.45, 2.75) is 11.3 Å². The number of rotatable bonds is 7. The summed E-state index contributed by atoms with van der Waals surface area (Å²) in [6.45, 7) is 2.82. The summed E-state index contributed by atoms with van der Waals surface area (Å²) in [6, 6.07) is 17.9. The third kappa shape index (κ3) is 4.21. The number of hydrogen-bond donors (Lipinski definition) is 1. The van der Waals surface area contributed by atoms with Gasteiger partial charge in [-0.1, -0.05) is 77.7 Å². The number of hydrogen-bond acceptors (Lipinski definition) is 6. The van der Waals surface area contributed by atoms with Crippen LogP contribution in [0.15, 0.2) is 58.9 Å². The zero-order valence-corrected chi connectivity index (χ0v) is 14.9. The second-order valence-corrected chi connectivity index (χ2v) is 7.26. The van der Waals surface area contributed by atoms with Crippen molar-refractivity contribution in [2.75, 3.05) is 17.6 Å². The number of nitrogens with one attached hydrogen (secondary N) is 1. The minimum absolute atomic E-state index is 0.0970. The van der Waals surface area contributed by atoms with Crippen molar-refractivity contribution >= 4 is 34.0 Å². The molecule has 0 spiro atoms. The minimum atomic E-state index is 0.0970. The Morgan fingerprint density at radius 2 is 1.75 bits per heavy atom. The van der Waals surface area contributed by atoms with Gasteiger partial charge >= 0.3 is 0 Å². The van der Waals surface area contributed by atoms with E-state index >= 15 is 0 Å². The summed E-state index contributed by atoms with van der Waals surface area (Å²) in [5.74, 6) is 0.464. The van der Waals surface area contributed by atoms with E-state index in [-0.39, 0.29) is 5.78 Å². The zero-order chi connectivity index (χ0) is 16.8. The van der Waals surface area contributed by atoms with Gasteiger partial charge in [-0.15, -0.1) is 10.2 Å². The topological polar surface area (TPSA) is 54.9 Å². The van der Waals surface area contributed by atoms with E-state index in [1.807, 2.05) is 49.4 Å².